The molecular formula is C28H23Br2N3O3. The molecule has 0 bridgehead atoms. The fourth-order valence-electron chi connectivity index (χ4n) is 3.72. The summed E-state index contributed by atoms with van der Waals surface area (Å²) in [5, 5.41) is 13.6. The lowest BCUT2D eigenvalue weighted by Gasteiger charge is -2.13. The van der Waals surface area contributed by atoms with E-state index in [0.29, 0.717) is 41.1 Å². The monoisotopic (exact) mass is 607 g/mol. The number of ether oxygens (including phenoxy) is 2. The highest BCUT2D eigenvalue weighted by Crippen LogP contribution is 2.35. The van der Waals surface area contributed by atoms with Gasteiger partial charge in [-0.3, -0.25) is 4.79 Å². The first kappa shape index (κ1) is 25.5. The van der Waals surface area contributed by atoms with E-state index in [1.165, 1.54) is 6.08 Å². The van der Waals surface area contributed by atoms with Gasteiger partial charge in [0.15, 0.2) is 11.5 Å². The standard InChI is InChI=1S/C28H23Br2N3O3/c1-35-26-13-20(24(30)14-27(26)36-17-18-6-8-22(29)9-7-18)12-21(15-31)28(34)32-11-10-19-16-33-25-5-3-2-4-23(19)25/h2-9,12-14,16,33H,10-11,17H2,1H3,(H,32,34)/b21-12-. The van der Waals surface area contributed by atoms with E-state index in [-0.39, 0.29) is 5.57 Å². The molecule has 0 unspecified atom stereocenters. The van der Waals surface area contributed by atoms with E-state index in [9.17, 15) is 10.1 Å². The van der Waals surface area contributed by atoms with Gasteiger partial charge in [-0.2, -0.15) is 5.26 Å². The van der Waals surface area contributed by atoms with Crippen LogP contribution in [0.25, 0.3) is 17.0 Å². The number of para-hydroxylation sites is 1. The van der Waals surface area contributed by atoms with E-state index in [4.69, 9.17) is 9.47 Å². The zero-order valence-corrected chi connectivity index (χ0v) is 22.6. The smallest absolute Gasteiger partial charge is 0.261 e. The SMILES string of the molecule is COc1cc(/C=C(/C#N)C(=O)NCCc2c[nH]c3ccccc23)c(Br)cc1OCc1ccc(Br)cc1. The van der Waals surface area contributed by atoms with Crippen molar-refractivity contribution < 1.29 is 14.3 Å². The van der Waals surface area contributed by atoms with Crippen LogP contribution >= 0.6 is 31.9 Å². The molecule has 0 aliphatic heterocycles. The van der Waals surface area contributed by atoms with E-state index in [1.54, 1.807) is 19.2 Å². The highest BCUT2D eigenvalue weighted by molar-refractivity contribution is 9.10. The van der Waals surface area contributed by atoms with Gasteiger partial charge < -0.3 is 19.8 Å². The van der Waals surface area contributed by atoms with Crippen molar-refractivity contribution in [2.24, 2.45) is 0 Å². The number of rotatable bonds is 9. The molecule has 2 N–H and O–H groups in total. The average Bonchev–Trinajstić information content (AvgIpc) is 3.30. The summed E-state index contributed by atoms with van der Waals surface area (Å²) in [6, 6.07) is 21.4. The molecular weight excluding hydrogens is 586 g/mol. The third-order valence-electron chi connectivity index (χ3n) is 5.61. The molecule has 3 aromatic carbocycles. The summed E-state index contributed by atoms with van der Waals surface area (Å²) in [5.41, 5.74) is 3.81. The number of nitrogens with zero attached hydrogens (tertiary/aromatic N) is 1. The summed E-state index contributed by atoms with van der Waals surface area (Å²) in [5.74, 6) is 0.614. The van der Waals surface area contributed by atoms with Crippen LogP contribution in [0.5, 0.6) is 11.5 Å². The van der Waals surface area contributed by atoms with Crippen LogP contribution in [0, 0.1) is 11.3 Å². The third kappa shape index (κ3) is 6.17. The first-order valence-corrected chi connectivity index (χ1v) is 12.8. The number of aromatic amines is 1. The minimum Gasteiger partial charge on any atom is -0.493 e. The zero-order valence-electron chi connectivity index (χ0n) is 19.5. The molecule has 0 saturated carbocycles. The van der Waals surface area contributed by atoms with E-state index >= 15 is 0 Å². The van der Waals surface area contributed by atoms with Gasteiger partial charge in [0, 0.05) is 32.6 Å². The van der Waals surface area contributed by atoms with E-state index in [0.717, 1.165) is 26.5 Å². The van der Waals surface area contributed by atoms with Gasteiger partial charge >= 0.3 is 0 Å². The largest absolute Gasteiger partial charge is 0.493 e. The second kappa shape index (κ2) is 11.9. The lowest BCUT2D eigenvalue weighted by atomic mass is 10.1. The van der Waals surface area contributed by atoms with Crippen molar-refractivity contribution in [1.29, 1.82) is 5.26 Å². The Kier molecular flexibility index (Phi) is 8.47. The highest BCUT2D eigenvalue weighted by Gasteiger charge is 2.14. The predicted molar refractivity (Wildman–Crippen MR) is 148 cm³/mol. The molecule has 6 nitrogen and oxygen atoms in total. The lowest BCUT2D eigenvalue weighted by molar-refractivity contribution is -0.117. The number of methoxy groups -OCH3 is 1. The topological polar surface area (TPSA) is 87.1 Å². The molecule has 0 fully saturated rings. The van der Waals surface area contributed by atoms with E-state index < -0.39 is 5.91 Å². The molecule has 0 radical (unpaired) electrons. The lowest BCUT2D eigenvalue weighted by Crippen LogP contribution is -2.26. The Hall–Kier alpha value is -3.54. The van der Waals surface area contributed by atoms with Gasteiger partial charge in [-0.15, -0.1) is 0 Å². The number of hydrogen-bond acceptors (Lipinski definition) is 4. The number of nitrogens with one attached hydrogen (secondary N) is 2. The van der Waals surface area contributed by atoms with Gasteiger partial charge in [-0.05, 0) is 59.5 Å². The number of amides is 1. The molecule has 1 amide bonds. The van der Waals surface area contributed by atoms with Crippen molar-refractivity contribution >= 4 is 54.7 Å². The number of benzene rings is 3. The zero-order chi connectivity index (χ0) is 25.5. The van der Waals surface area contributed by atoms with Gasteiger partial charge in [0.25, 0.3) is 5.91 Å². The fraction of sp³-hybridized carbons (Fsp3) is 0.143. The van der Waals surface area contributed by atoms with Crippen molar-refractivity contribution in [3.05, 3.63) is 98.1 Å². The third-order valence-corrected chi connectivity index (χ3v) is 6.83. The summed E-state index contributed by atoms with van der Waals surface area (Å²) in [4.78, 5) is 15.9. The van der Waals surface area contributed by atoms with Crippen molar-refractivity contribution in [2.45, 2.75) is 13.0 Å². The minimum absolute atomic E-state index is 0.000195. The highest BCUT2D eigenvalue weighted by atomic mass is 79.9. The molecule has 0 saturated heterocycles. The molecule has 36 heavy (non-hydrogen) atoms. The Morgan fingerprint density at radius 2 is 1.89 bits per heavy atom. The Labute approximate surface area is 226 Å². The van der Waals surface area contributed by atoms with E-state index in [2.05, 4.69) is 42.2 Å². The number of hydrogen-bond donors (Lipinski definition) is 2. The molecule has 1 aromatic heterocycles. The maximum atomic E-state index is 12.7. The van der Waals surface area contributed by atoms with Gasteiger partial charge in [-0.25, -0.2) is 0 Å². The number of carbonyl (C=O) groups excluding carboxylic acids is 1. The summed E-state index contributed by atoms with van der Waals surface area (Å²) < 4.78 is 13.1. The second-order valence-electron chi connectivity index (χ2n) is 7.97. The summed E-state index contributed by atoms with van der Waals surface area (Å²) in [7, 11) is 1.55. The van der Waals surface area contributed by atoms with Crippen LogP contribution in [0.1, 0.15) is 16.7 Å². The summed E-state index contributed by atoms with van der Waals surface area (Å²) >= 11 is 6.95. The molecule has 0 atom stereocenters. The van der Waals surface area contributed by atoms with Gasteiger partial charge in [-0.1, -0.05) is 62.2 Å². The maximum Gasteiger partial charge on any atom is 0.261 e. The van der Waals surface area contributed by atoms with Gasteiger partial charge in [0.1, 0.15) is 18.2 Å². The van der Waals surface area contributed by atoms with Crippen LogP contribution in [0.4, 0.5) is 0 Å². The first-order chi connectivity index (χ1) is 17.5. The van der Waals surface area contributed by atoms with Crippen molar-refractivity contribution in [3.8, 4) is 17.6 Å². The van der Waals surface area contributed by atoms with Gasteiger partial charge in [0.2, 0.25) is 0 Å². The Morgan fingerprint density at radius 3 is 2.64 bits per heavy atom. The fourth-order valence-corrected chi connectivity index (χ4v) is 4.43. The number of halogens is 2. The Balaban J connectivity index is 1.43. The molecule has 0 aliphatic rings. The van der Waals surface area contributed by atoms with Crippen LogP contribution in [0.3, 0.4) is 0 Å². The predicted octanol–water partition coefficient (Wildman–Crippen LogP) is 6.55. The van der Waals surface area contributed by atoms with Crippen LogP contribution in [0.2, 0.25) is 0 Å². The average molecular weight is 609 g/mol. The van der Waals surface area contributed by atoms with Crippen molar-refractivity contribution in [2.75, 3.05) is 13.7 Å². The molecule has 182 valence electrons. The number of aromatic nitrogens is 1. The molecule has 0 aliphatic carbocycles. The van der Waals surface area contributed by atoms with Crippen molar-refractivity contribution in [1.82, 2.24) is 10.3 Å². The summed E-state index contributed by atoms with van der Waals surface area (Å²) in [6.07, 6.45) is 4.13. The van der Waals surface area contributed by atoms with Crippen LogP contribution in [-0.2, 0) is 17.8 Å². The number of H-pyrrole nitrogens is 1. The number of carbonyl (C=O) groups is 1. The molecule has 4 rings (SSSR count). The first-order valence-electron chi connectivity index (χ1n) is 11.2. The minimum atomic E-state index is -0.432. The van der Waals surface area contributed by atoms with Crippen molar-refractivity contribution in [3.63, 3.8) is 0 Å². The van der Waals surface area contributed by atoms with Crippen LogP contribution in [-0.4, -0.2) is 24.5 Å². The second-order valence-corrected chi connectivity index (χ2v) is 9.74. The maximum absolute atomic E-state index is 12.7. The number of nitriles is 1. The number of fused-ring (bicyclic) bond motifs is 1. The molecule has 1 heterocycles. The quantitative estimate of drug-likeness (QED) is 0.167. The normalized spacial score (nSPS) is 11.2. The Morgan fingerprint density at radius 1 is 1.11 bits per heavy atom. The molecule has 4 aromatic rings. The van der Waals surface area contributed by atoms with Crippen LogP contribution in [0.15, 0.2) is 81.4 Å². The summed E-state index contributed by atoms with van der Waals surface area (Å²) in [6.45, 7) is 0.778. The molecule has 8 heteroatoms. The molecule has 0 spiro atoms. The van der Waals surface area contributed by atoms with E-state index in [1.807, 2.05) is 60.8 Å². The Bertz CT molecular complexity index is 1450. The van der Waals surface area contributed by atoms with Crippen LogP contribution < -0.4 is 14.8 Å². The van der Waals surface area contributed by atoms with Gasteiger partial charge in [0.05, 0.1) is 7.11 Å².